The fraction of sp³-hybridized carbons (Fsp3) is 0.444. The number of aryl methyl sites for hydroxylation is 1. The lowest BCUT2D eigenvalue weighted by atomic mass is 9.78. The molecular weight excluding hydrogens is 274 g/mol. The molecule has 1 aliphatic carbocycles. The summed E-state index contributed by atoms with van der Waals surface area (Å²) in [5, 5.41) is 4.71. The molecule has 3 unspecified atom stereocenters. The molecule has 0 spiro atoms. The maximum Gasteiger partial charge on any atom is 0.108 e. The number of nitrogens with zero attached hydrogens (tertiary/aromatic N) is 3. The van der Waals surface area contributed by atoms with Gasteiger partial charge in [0.2, 0.25) is 0 Å². The van der Waals surface area contributed by atoms with Gasteiger partial charge in [0.05, 0.1) is 24.0 Å². The first-order chi connectivity index (χ1) is 10.8. The summed E-state index contributed by atoms with van der Waals surface area (Å²) in [6.07, 6.45) is 11.6. The van der Waals surface area contributed by atoms with Gasteiger partial charge >= 0.3 is 0 Å². The quantitative estimate of drug-likeness (QED) is 0.633. The van der Waals surface area contributed by atoms with Crippen molar-refractivity contribution in [2.75, 3.05) is 6.61 Å². The minimum atomic E-state index is 0.255. The van der Waals surface area contributed by atoms with Gasteiger partial charge in [-0.3, -0.25) is 9.67 Å². The predicted octanol–water partition coefficient (Wildman–Crippen LogP) is 2.63. The van der Waals surface area contributed by atoms with E-state index in [0.717, 1.165) is 17.8 Å². The number of hydrogen-bond acceptors (Lipinski definition) is 3. The van der Waals surface area contributed by atoms with Crippen LogP contribution >= 0.6 is 0 Å². The van der Waals surface area contributed by atoms with Crippen molar-refractivity contribution in [1.82, 2.24) is 9.78 Å². The monoisotopic (exact) mass is 295 g/mol. The topological polar surface area (TPSA) is 39.4 Å². The fourth-order valence-corrected chi connectivity index (χ4v) is 3.03. The second-order valence-electron chi connectivity index (χ2n) is 5.62. The van der Waals surface area contributed by atoms with Crippen LogP contribution in [0.3, 0.4) is 0 Å². The molecule has 0 radical (unpaired) electrons. The molecule has 114 valence electrons. The van der Waals surface area contributed by atoms with Crippen LogP contribution in [-0.4, -0.2) is 28.6 Å². The van der Waals surface area contributed by atoms with Crippen molar-refractivity contribution in [1.29, 1.82) is 0 Å². The number of ether oxygens (including phenoxy) is 1. The highest BCUT2D eigenvalue weighted by molar-refractivity contribution is 5.61. The summed E-state index contributed by atoms with van der Waals surface area (Å²) in [6.45, 7) is 2.83. The van der Waals surface area contributed by atoms with Gasteiger partial charge in [-0.25, -0.2) is 0 Å². The van der Waals surface area contributed by atoms with Crippen LogP contribution in [0.2, 0.25) is 0 Å². The first kappa shape index (κ1) is 14.8. The molecule has 1 aromatic heterocycles. The first-order valence-electron chi connectivity index (χ1n) is 7.66. The Bertz CT molecular complexity index is 672. The molecule has 0 amide bonds. The largest absolute Gasteiger partial charge is 0.363 e. The lowest BCUT2D eigenvalue weighted by molar-refractivity contribution is 0.147. The van der Waals surface area contributed by atoms with Gasteiger partial charge in [-0.1, -0.05) is 30.2 Å². The molecule has 0 N–H and O–H groups in total. The van der Waals surface area contributed by atoms with Crippen LogP contribution in [0.4, 0.5) is 0 Å². The second kappa shape index (κ2) is 6.76. The SMILES string of the molecule is CC#CCOCc1cc(C2CC=NC3C=CC=CC32)nn1C. The molecule has 2 aliphatic rings. The number of rotatable bonds is 4. The van der Waals surface area contributed by atoms with Crippen molar-refractivity contribution in [3.8, 4) is 11.8 Å². The molecule has 22 heavy (non-hydrogen) atoms. The van der Waals surface area contributed by atoms with Crippen LogP contribution in [-0.2, 0) is 18.4 Å². The predicted molar refractivity (Wildman–Crippen MR) is 87.7 cm³/mol. The van der Waals surface area contributed by atoms with E-state index in [-0.39, 0.29) is 6.04 Å². The van der Waals surface area contributed by atoms with E-state index in [2.05, 4.69) is 47.2 Å². The van der Waals surface area contributed by atoms with Crippen LogP contribution in [0, 0.1) is 17.8 Å². The van der Waals surface area contributed by atoms with Crippen LogP contribution in [0.15, 0.2) is 35.4 Å². The van der Waals surface area contributed by atoms with E-state index in [4.69, 9.17) is 9.84 Å². The van der Waals surface area contributed by atoms with Gasteiger partial charge in [-0.05, 0) is 19.4 Å². The standard InChI is InChI=1S/C18H21N3O/c1-3-4-11-22-13-14-12-18(20-21(14)2)16-9-10-19-17-8-6-5-7-15(16)17/h5-8,10,12,15-17H,9,11,13H2,1-2H3. The Hall–Kier alpha value is -2.12. The average molecular weight is 295 g/mol. The van der Waals surface area contributed by atoms with Gasteiger partial charge in [0.25, 0.3) is 0 Å². The summed E-state index contributed by atoms with van der Waals surface area (Å²) < 4.78 is 7.48. The Morgan fingerprint density at radius 3 is 3.09 bits per heavy atom. The highest BCUT2D eigenvalue weighted by Crippen LogP contribution is 2.36. The molecule has 0 saturated carbocycles. The van der Waals surface area contributed by atoms with E-state index < -0.39 is 0 Å². The van der Waals surface area contributed by atoms with Crippen LogP contribution in [0.5, 0.6) is 0 Å². The molecular formula is C18H21N3O. The molecule has 4 heteroatoms. The summed E-state index contributed by atoms with van der Waals surface area (Å²) in [5.74, 6) is 6.54. The summed E-state index contributed by atoms with van der Waals surface area (Å²) in [4.78, 5) is 4.59. The van der Waals surface area contributed by atoms with E-state index in [1.807, 2.05) is 24.9 Å². The minimum Gasteiger partial charge on any atom is -0.363 e. The van der Waals surface area contributed by atoms with E-state index in [1.54, 1.807) is 0 Å². The normalized spacial score (nSPS) is 25.6. The average Bonchev–Trinajstić information content (AvgIpc) is 2.92. The highest BCUT2D eigenvalue weighted by Gasteiger charge is 2.32. The van der Waals surface area contributed by atoms with Gasteiger partial charge < -0.3 is 4.74 Å². The molecule has 0 bridgehead atoms. The van der Waals surface area contributed by atoms with Gasteiger partial charge in [0.15, 0.2) is 0 Å². The number of hydrogen-bond donors (Lipinski definition) is 0. The third-order valence-electron chi connectivity index (χ3n) is 4.23. The lowest BCUT2D eigenvalue weighted by Crippen LogP contribution is -2.28. The molecule has 1 aliphatic heterocycles. The van der Waals surface area contributed by atoms with E-state index in [1.165, 1.54) is 0 Å². The Morgan fingerprint density at radius 2 is 2.23 bits per heavy atom. The summed E-state index contributed by atoms with van der Waals surface area (Å²) >= 11 is 0. The molecule has 1 aromatic rings. The van der Waals surface area contributed by atoms with E-state index in [0.29, 0.717) is 25.0 Å². The van der Waals surface area contributed by atoms with Gasteiger partial charge in [0.1, 0.15) is 6.61 Å². The molecule has 3 rings (SSSR count). The van der Waals surface area contributed by atoms with Crippen molar-refractivity contribution >= 4 is 6.21 Å². The van der Waals surface area contributed by atoms with Crippen molar-refractivity contribution in [2.24, 2.45) is 18.0 Å². The molecule has 4 nitrogen and oxygen atoms in total. The van der Waals surface area contributed by atoms with Crippen LogP contribution in [0.1, 0.15) is 30.7 Å². The Labute approximate surface area is 131 Å². The van der Waals surface area contributed by atoms with Crippen LogP contribution < -0.4 is 0 Å². The number of aliphatic imine (C=N–C) groups is 1. The third kappa shape index (κ3) is 3.05. The minimum absolute atomic E-state index is 0.255. The lowest BCUT2D eigenvalue weighted by Gasteiger charge is -2.31. The van der Waals surface area contributed by atoms with Crippen molar-refractivity contribution in [2.45, 2.75) is 31.9 Å². The Kier molecular flexibility index (Phi) is 4.55. The van der Waals surface area contributed by atoms with Crippen molar-refractivity contribution < 1.29 is 4.74 Å². The number of aromatic nitrogens is 2. The van der Waals surface area contributed by atoms with E-state index >= 15 is 0 Å². The van der Waals surface area contributed by atoms with Crippen molar-refractivity contribution in [3.05, 3.63) is 41.8 Å². The Morgan fingerprint density at radius 1 is 1.36 bits per heavy atom. The molecule has 0 fully saturated rings. The third-order valence-corrected chi connectivity index (χ3v) is 4.23. The van der Waals surface area contributed by atoms with E-state index in [9.17, 15) is 0 Å². The number of fused-ring (bicyclic) bond motifs is 1. The van der Waals surface area contributed by atoms with Crippen LogP contribution in [0.25, 0.3) is 0 Å². The smallest absolute Gasteiger partial charge is 0.108 e. The second-order valence-corrected chi connectivity index (χ2v) is 5.62. The van der Waals surface area contributed by atoms with Gasteiger partial charge in [-0.15, -0.1) is 5.92 Å². The molecule has 2 heterocycles. The van der Waals surface area contributed by atoms with Crippen molar-refractivity contribution in [3.63, 3.8) is 0 Å². The zero-order chi connectivity index (χ0) is 15.4. The van der Waals surface area contributed by atoms with Gasteiger partial charge in [-0.2, -0.15) is 5.10 Å². The summed E-state index contributed by atoms with van der Waals surface area (Å²) in [7, 11) is 1.97. The number of allylic oxidation sites excluding steroid dienone is 2. The summed E-state index contributed by atoms with van der Waals surface area (Å²) in [6, 6.07) is 2.41. The fourth-order valence-electron chi connectivity index (χ4n) is 3.03. The van der Waals surface area contributed by atoms with Gasteiger partial charge in [0, 0.05) is 25.1 Å². The zero-order valence-electron chi connectivity index (χ0n) is 13.1. The highest BCUT2D eigenvalue weighted by atomic mass is 16.5. The molecule has 0 aromatic carbocycles. The first-order valence-corrected chi connectivity index (χ1v) is 7.66. The molecule has 3 atom stereocenters. The maximum atomic E-state index is 5.56. The Balaban J connectivity index is 1.74. The molecule has 0 saturated heterocycles. The zero-order valence-corrected chi connectivity index (χ0v) is 13.1. The maximum absolute atomic E-state index is 5.56. The summed E-state index contributed by atoms with van der Waals surface area (Å²) in [5.41, 5.74) is 2.21.